The molecule has 0 bridgehead atoms. The molecule has 3 nitrogen and oxygen atoms in total. The van der Waals surface area contributed by atoms with Gasteiger partial charge in [0.15, 0.2) is 0 Å². The van der Waals surface area contributed by atoms with Crippen LogP contribution in [0.4, 0.5) is 0 Å². The van der Waals surface area contributed by atoms with Crippen LogP contribution < -0.4 is 5.32 Å². The molecular formula is C18H31NO2. The lowest BCUT2D eigenvalue weighted by Gasteiger charge is -2.31. The van der Waals surface area contributed by atoms with Gasteiger partial charge in [-0.05, 0) is 57.9 Å². The third-order valence-electron chi connectivity index (χ3n) is 4.23. The number of furan rings is 1. The van der Waals surface area contributed by atoms with Gasteiger partial charge >= 0.3 is 0 Å². The fraction of sp³-hybridized carbons (Fsp3) is 0.778. The zero-order valence-electron chi connectivity index (χ0n) is 14.2. The molecular weight excluding hydrogens is 262 g/mol. The van der Waals surface area contributed by atoms with E-state index in [1.54, 1.807) is 6.26 Å². The van der Waals surface area contributed by atoms with Gasteiger partial charge in [-0.2, -0.15) is 0 Å². The standard InChI is InChI=1S/C18H31NO2/c1-13-8-14(2)10-16(9-13)21-12-15-6-7-20-17(15)11-19-18(3,4)5/h6-7,13-14,16,19H,8-12H2,1-5H3. The van der Waals surface area contributed by atoms with Crippen LogP contribution in [0.3, 0.4) is 0 Å². The molecule has 2 rings (SSSR count). The van der Waals surface area contributed by atoms with Crippen LogP contribution in [0.25, 0.3) is 0 Å². The Kier molecular flexibility index (Phi) is 5.50. The van der Waals surface area contributed by atoms with Gasteiger partial charge in [-0.15, -0.1) is 0 Å². The zero-order valence-corrected chi connectivity index (χ0v) is 14.2. The molecule has 1 saturated carbocycles. The van der Waals surface area contributed by atoms with Crippen molar-refractivity contribution < 1.29 is 9.15 Å². The van der Waals surface area contributed by atoms with Crippen molar-refractivity contribution in [2.24, 2.45) is 11.8 Å². The van der Waals surface area contributed by atoms with Crippen molar-refractivity contribution in [1.29, 1.82) is 0 Å². The number of hydrogen-bond donors (Lipinski definition) is 1. The Morgan fingerprint density at radius 1 is 1.19 bits per heavy atom. The first-order chi connectivity index (χ1) is 9.83. The Morgan fingerprint density at radius 2 is 1.86 bits per heavy atom. The second-order valence-corrected chi connectivity index (χ2v) is 7.82. The van der Waals surface area contributed by atoms with Crippen LogP contribution in [0.1, 0.15) is 65.2 Å². The van der Waals surface area contributed by atoms with Gasteiger partial charge in [0.05, 0.1) is 25.5 Å². The van der Waals surface area contributed by atoms with E-state index < -0.39 is 0 Å². The first kappa shape index (κ1) is 16.6. The van der Waals surface area contributed by atoms with Gasteiger partial charge < -0.3 is 14.5 Å². The summed E-state index contributed by atoms with van der Waals surface area (Å²) in [7, 11) is 0. The highest BCUT2D eigenvalue weighted by Gasteiger charge is 2.24. The summed E-state index contributed by atoms with van der Waals surface area (Å²) in [4.78, 5) is 0. The highest BCUT2D eigenvalue weighted by atomic mass is 16.5. The Morgan fingerprint density at radius 3 is 2.48 bits per heavy atom. The van der Waals surface area contributed by atoms with E-state index in [2.05, 4.69) is 39.9 Å². The molecule has 120 valence electrons. The molecule has 1 aliphatic rings. The lowest BCUT2D eigenvalue weighted by Crippen LogP contribution is -2.35. The van der Waals surface area contributed by atoms with Crippen LogP contribution >= 0.6 is 0 Å². The largest absolute Gasteiger partial charge is 0.468 e. The van der Waals surface area contributed by atoms with Crippen LogP contribution in [-0.4, -0.2) is 11.6 Å². The van der Waals surface area contributed by atoms with Crippen LogP contribution in [-0.2, 0) is 17.9 Å². The zero-order chi connectivity index (χ0) is 15.5. The van der Waals surface area contributed by atoms with Crippen molar-refractivity contribution in [2.45, 2.75) is 78.7 Å². The molecule has 0 radical (unpaired) electrons. The molecule has 2 unspecified atom stereocenters. The Hall–Kier alpha value is -0.800. The summed E-state index contributed by atoms with van der Waals surface area (Å²) < 4.78 is 11.8. The maximum atomic E-state index is 6.15. The van der Waals surface area contributed by atoms with Crippen LogP contribution in [0.5, 0.6) is 0 Å². The minimum absolute atomic E-state index is 0.0964. The average molecular weight is 293 g/mol. The third-order valence-corrected chi connectivity index (χ3v) is 4.23. The monoisotopic (exact) mass is 293 g/mol. The summed E-state index contributed by atoms with van der Waals surface area (Å²) in [6.07, 6.45) is 5.90. The number of rotatable bonds is 5. The molecule has 0 aliphatic heterocycles. The Labute approximate surface area is 129 Å². The smallest absolute Gasteiger partial charge is 0.123 e. The van der Waals surface area contributed by atoms with E-state index in [-0.39, 0.29) is 5.54 Å². The van der Waals surface area contributed by atoms with Gasteiger partial charge in [-0.1, -0.05) is 13.8 Å². The highest BCUT2D eigenvalue weighted by Crippen LogP contribution is 2.31. The molecule has 1 aromatic heterocycles. The van der Waals surface area contributed by atoms with Gasteiger partial charge in [-0.25, -0.2) is 0 Å². The molecule has 1 fully saturated rings. The van der Waals surface area contributed by atoms with Crippen LogP contribution in [0.2, 0.25) is 0 Å². The fourth-order valence-electron chi connectivity index (χ4n) is 3.21. The van der Waals surface area contributed by atoms with Gasteiger partial charge in [0.25, 0.3) is 0 Å². The van der Waals surface area contributed by atoms with E-state index in [1.807, 2.05) is 6.07 Å². The first-order valence-electron chi connectivity index (χ1n) is 8.25. The van der Waals surface area contributed by atoms with Crippen molar-refractivity contribution in [3.05, 3.63) is 23.7 Å². The molecule has 1 N–H and O–H groups in total. The lowest BCUT2D eigenvalue weighted by atomic mass is 9.82. The van der Waals surface area contributed by atoms with Crippen LogP contribution in [0, 0.1) is 11.8 Å². The summed E-state index contributed by atoms with van der Waals surface area (Å²) in [5, 5.41) is 3.47. The van der Waals surface area contributed by atoms with E-state index in [0.29, 0.717) is 12.7 Å². The Bertz CT molecular complexity index is 423. The summed E-state index contributed by atoms with van der Waals surface area (Å²) in [5.74, 6) is 2.57. The highest BCUT2D eigenvalue weighted by molar-refractivity contribution is 5.16. The lowest BCUT2D eigenvalue weighted by molar-refractivity contribution is -0.00970. The maximum absolute atomic E-state index is 6.15. The predicted molar refractivity (Wildman–Crippen MR) is 86.1 cm³/mol. The van der Waals surface area contributed by atoms with Crippen molar-refractivity contribution in [3.63, 3.8) is 0 Å². The van der Waals surface area contributed by atoms with Gasteiger partial charge in [-0.3, -0.25) is 0 Å². The second kappa shape index (κ2) is 6.97. The van der Waals surface area contributed by atoms with E-state index in [9.17, 15) is 0 Å². The molecule has 3 heteroatoms. The van der Waals surface area contributed by atoms with E-state index in [0.717, 1.165) is 24.1 Å². The maximum Gasteiger partial charge on any atom is 0.123 e. The molecule has 1 aromatic rings. The molecule has 1 aliphatic carbocycles. The minimum Gasteiger partial charge on any atom is -0.468 e. The van der Waals surface area contributed by atoms with Crippen molar-refractivity contribution >= 4 is 0 Å². The number of ether oxygens (including phenoxy) is 1. The van der Waals surface area contributed by atoms with Crippen molar-refractivity contribution in [3.8, 4) is 0 Å². The SMILES string of the molecule is CC1CC(C)CC(OCc2ccoc2CNC(C)(C)C)C1. The molecule has 1 heterocycles. The molecule has 0 spiro atoms. The number of nitrogens with one attached hydrogen (secondary N) is 1. The molecule has 0 aromatic carbocycles. The summed E-state index contributed by atoms with van der Waals surface area (Å²) in [6.45, 7) is 12.6. The molecule has 21 heavy (non-hydrogen) atoms. The van der Waals surface area contributed by atoms with Crippen molar-refractivity contribution in [1.82, 2.24) is 5.32 Å². The van der Waals surface area contributed by atoms with Gasteiger partial charge in [0.2, 0.25) is 0 Å². The normalized spacial score (nSPS) is 27.0. The van der Waals surface area contributed by atoms with E-state index in [4.69, 9.17) is 9.15 Å². The minimum atomic E-state index is 0.0964. The molecule has 0 amide bonds. The predicted octanol–water partition coefficient (Wildman–Crippen LogP) is 4.51. The number of hydrogen-bond acceptors (Lipinski definition) is 3. The van der Waals surface area contributed by atoms with Gasteiger partial charge in [0, 0.05) is 11.1 Å². The topological polar surface area (TPSA) is 34.4 Å². The second-order valence-electron chi connectivity index (χ2n) is 7.82. The summed E-state index contributed by atoms with van der Waals surface area (Å²) in [6, 6.07) is 2.04. The van der Waals surface area contributed by atoms with Crippen molar-refractivity contribution in [2.75, 3.05) is 0 Å². The quantitative estimate of drug-likeness (QED) is 0.867. The molecule has 0 saturated heterocycles. The first-order valence-corrected chi connectivity index (χ1v) is 8.25. The van der Waals surface area contributed by atoms with Crippen LogP contribution in [0.15, 0.2) is 16.7 Å². The average Bonchev–Trinajstić information content (AvgIpc) is 2.79. The van der Waals surface area contributed by atoms with E-state index in [1.165, 1.54) is 24.8 Å². The Balaban J connectivity index is 1.84. The third kappa shape index (κ3) is 5.48. The van der Waals surface area contributed by atoms with E-state index >= 15 is 0 Å². The molecule has 2 atom stereocenters. The van der Waals surface area contributed by atoms with Gasteiger partial charge in [0.1, 0.15) is 5.76 Å². The summed E-state index contributed by atoms with van der Waals surface area (Å²) in [5.41, 5.74) is 1.27. The fourth-order valence-corrected chi connectivity index (χ4v) is 3.21. The summed E-state index contributed by atoms with van der Waals surface area (Å²) >= 11 is 0.